The van der Waals surface area contributed by atoms with Gasteiger partial charge in [-0.1, -0.05) is 114 Å². The molecule has 11 bridgehead atoms. The van der Waals surface area contributed by atoms with Crippen LogP contribution in [0.3, 0.4) is 0 Å². The van der Waals surface area contributed by atoms with Crippen LogP contribution in [-0.2, 0) is 59.1 Å². The Morgan fingerprint density at radius 3 is 2.02 bits per heavy atom. The number of phenolic OH excluding ortho intramolecular Hbond substituents is 3. The number of nitrogens with zero attached hydrogens (tertiary/aromatic N) is 1. The summed E-state index contributed by atoms with van der Waals surface area (Å²) < 4.78 is 39.8. The minimum atomic E-state index is -2.33. The monoisotopic (exact) mass is 1700 g/mol. The zero-order valence-electron chi connectivity index (χ0n) is 67.4. The molecule has 0 saturated carbocycles. The Morgan fingerprint density at radius 2 is 1.36 bits per heavy atom. The number of amides is 7. The van der Waals surface area contributed by atoms with E-state index < -0.39 is 231 Å². The number of rotatable bonds is 26. The molecular weight excluding hydrogens is 1600 g/mol. The average molecular weight is 1700 g/mol. The number of unbranched alkanes of at least 4 members (excludes halogenated alkanes) is 6. The van der Waals surface area contributed by atoms with E-state index >= 15 is 14.4 Å². The quantitative estimate of drug-likeness (QED) is 0.0206. The summed E-state index contributed by atoms with van der Waals surface area (Å²) in [7, 11) is 1.49. The zero-order chi connectivity index (χ0) is 87.4. The first kappa shape index (κ1) is 90.8. The first-order chi connectivity index (χ1) is 57.7. The average Bonchev–Trinajstić information content (AvgIpc) is 0.762. The standard InChI is InChI=1S/C84H105ClN12O24/c1-7-9-10-11-12-13-14-27-89-83(87)91-46-21-15-41(16-22-46)37-90-84(8-2)36-61(116-40(5)74(84)107)120-73-71(106)70(105)59(38-98)119-82(73)121-72-57-31-45-32-58(72)118-56-26-20-44(30-51(56)85)69(104)67-80(113)95-65(81(114)115)50-33-47(99)34-55(101)62(50)49-29-43(19-25-54(49)100)63(77(110)97-67)94-78(111)64(45)93-76(109)53(35-60(86)102)92-79(112)66(96-75(108)52(88-6)28-39(3)4)68(103)42-17-23-48(117-57)24-18-42/h15-26,29-34,39-40,52-53,59,61,63-71,73-74,82,88,90,98-101,103-107H,7-14,27-28,35-38H2,1-6H3,(H2,86,102)(H,92,112)(H,93,109)(H,94,111)(H,95,113)(H,96,108)(H,97,110)(H,114,115)(H3,87,89,91)/t40?,52-,53?,59?,61+,63-,64-,65+,66-,67+,68-,69-,70-,71?,73?,74-,82+,84?/m1/s1. The summed E-state index contributed by atoms with van der Waals surface area (Å²) >= 11 is 7.16. The van der Waals surface area contributed by atoms with Gasteiger partial charge in [-0.15, -0.1) is 0 Å². The number of hydrogen-bond donors (Lipinski definition) is 21. The van der Waals surface area contributed by atoms with Gasteiger partial charge in [-0.05, 0) is 134 Å². The maximum absolute atomic E-state index is 16.2. The van der Waals surface area contributed by atoms with Crippen molar-refractivity contribution in [2.24, 2.45) is 22.4 Å². The number of carbonyl (C=O) groups excluding carboxylic acids is 7. The lowest BCUT2D eigenvalue weighted by Gasteiger charge is -2.49. The maximum atomic E-state index is 16.2. The van der Waals surface area contributed by atoms with Gasteiger partial charge in [0, 0.05) is 48.0 Å². The number of anilines is 1. The van der Waals surface area contributed by atoms with E-state index in [1.807, 2.05) is 45.0 Å². The second-order valence-electron chi connectivity index (χ2n) is 31.2. The highest BCUT2D eigenvalue weighted by Crippen LogP contribution is 2.50. The van der Waals surface area contributed by atoms with Gasteiger partial charge in [-0.25, -0.2) is 4.79 Å². The topological polar surface area (TPSA) is 567 Å². The fraction of sp³-hybridized carbons (Fsp3) is 0.464. The number of likely N-dealkylation sites (N-methyl/N-ethyl adjacent to an activating group) is 1. The number of aliphatic carboxylic acids is 1. The number of carboxylic acids is 1. The first-order valence-corrected chi connectivity index (χ1v) is 40.5. The van der Waals surface area contributed by atoms with E-state index in [-0.39, 0.29) is 65.9 Å². The van der Waals surface area contributed by atoms with Gasteiger partial charge in [0.1, 0.15) is 89.5 Å². The summed E-state index contributed by atoms with van der Waals surface area (Å²) in [4.78, 5) is 123. The van der Waals surface area contributed by atoms with Crippen LogP contribution in [0, 0.1) is 5.92 Å². The number of nitrogens with two attached hydrogens (primary N) is 2. The van der Waals surface area contributed by atoms with Crippen molar-refractivity contribution in [2.45, 2.75) is 221 Å². The molecule has 0 spiro atoms. The molecule has 7 aliphatic heterocycles. The van der Waals surface area contributed by atoms with Crippen LogP contribution in [0.1, 0.15) is 169 Å². The van der Waals surface area contributed by atoms with E-state index in [0.717, 1.165) is 79.4 Å². The smallest absolute Gasteiger partial charge is 0.330 e. The minimum Gasteiger partial charge on any atom is -0.508 e. The molecular formula is C84H105ClN12O24. The summed E-state index contributed by atoms with van der Waals surface area (Å²) in [6.45, 7) is 9.09. The van der Waals surface area contributed by atoms with Crippen molar-refractivity contribution < 1.29 is 118 Å². The van der Waals surface area contributed by atoms with Crippen molar-refractivity contribution in [3.63, 3.8) is 0 Å². The van der Waals surface area contributed by atoms with Crippen LogP contribution in [0.4, 0.5) is 5.69 Å². The predicted octanol–water partition coefficient (Wildman–Crippen LogP) is 4.15. The van der Waals surface area contributed by atoms with Crippen LogP contribution in [0.2, 0.25) is 5.02 Å². The van der Waals surface area contributed by atoms with Crippen LogP contribution in [0.5, 0.6) is 46.0 Å². The molecule has 652 valence electrons. The Balaban J connectivity index is 1.05. The SMILES string of the molecule is CCCCCCCCCN=C(N)Nc1ccc(CNC2(CC)C[C@H](OC3C(O)[C@H](O)C(CO)O[C@H]3Oc3c4cc5cc3Oc3ccc(cc3Cl)[C@@H](O)[C@@H]3NC(=O)[C@H](NC(=O)[C@@H]5NC(=O)C(CC(N)=O)NC(=O)[C@H](NC(=O)[C@@H](CC(C)C)NC)[C@H](O)c5ccc(cc5)O4)c4ccc(O)c(c4)-c4c(O)cc(O)cc4[C@@H](C(=O)O)NC3=O)OC(C)[C@H]2O)cc1. The number of carbonyl (C=O) groups is 8. The molecule has 6 aromatic carbocycles. The molecule has 6 unspecified atom stereocenters. The normalized spacial score (nSPS) is 26.6. The number of guanidine groups is 1. The summed E-state index contributed by atoms with van der Waals surface area (Å²) in [6, 6.07) is 8.73. The van der Waals surface area contributed by atoms with Crippen molar-refractivity contribution in [1.82, 2.24) is 42.5 Å². The Kier molecular flexibility index (Phi) is 30.1. The van der Waals surface area contributed by atoms with Gasteiger partial charge < -0.3 is 139 Å². The minimum absolute atomic E-state index is 0.0495. The first-order valence-electron chi connectivity index (χ1n) is 40.1. The van der Waals surface area contributed by atoms with E-state index in [1.165, 1.54) is 63.1 Å². The Bertz CT molecular complexity index is 4780. The molecule has 2 saturated heterocycles. The summed E-state index contributed by atoms with van der Waals surface area (Å²) in [6.07, 6.45) is -10.2. The van der Waals surface area contributed by atoms with Crippen LogP contribution >= 0.6 is 11.6 Å². The van der Waals surface area contributed by atoms with E-state index in [4.69, 9.17) is 51.5 Å². The van der Waals surface area contributed by atoms with Crippen LogP contribution in [0.15, 0.2) is 114 Å². The number of nitrogens with one attached hydrogen (secondary N) is 9. The lowest BCUT2D eigenvalue weighted by Crippen LogP contribution is -2.66. The molecule has 13 rings (SSSR count). The number of aromatic hydroxyl groups is 3. The van der Waals surface area contributed by atoms with E-state index in [0.29, 0.717) is 12.2 Å². The second-order valence-corrected chi connectivity index (χ2v) is 31.6. The third-order valence-corrected chi connectivity index (χ3v) is 22.4. The largest absolute Gasteiger partial charge is 0.508 e. The van der Waals surface area contributed by atoms with Gasteiger partial charge in [-0.2, -0.15) is 0 Å². The number of aliphatic hydroxyl groups excluding tert-OH is 6. The highest BCUT2D eigenvalue weighted by molar-refractivity contribution is 6.32. The summed E-state index contributed by atoms with van der Waals surface area (Å²) in [5, 5.41) is 141. The number of hydrogen-bond acceptors (Lipinski definition) is 26. The van der Waals surface area contributed by atoms with E-state index in [1.54, 1.807) is 6.92 Å². The number of benzene rings is 6. The fourth-order valence-electron chi connectivity index (χ4n) is 15.4. The van der Waals surface area contributed by atoms with Crippen LogP contribution in [-0.4, -0.2) is 203 Å². The number of aliphatic imine (C=N–C) groups is 1. The van der Waals surface area contributed by atoms with Gasteiger partial charge >= 0.3 is 5.97 Å². The number of ether oxygens (including phenoxy) is 6. The van der Waals surface area contributed by atoms with Gasteiger partial charge in [0.25, 0.3) is 0 Å². The molecule has 36 nitrogen and oxygen atoms in total. The van der Waals surface area contributed by atoms with Crippen molar-refractivity contribution in [3.8, 4) is 57.1 Å². The van der Waals surface area contributed by atoms with Gasteiger partial charge in [-0.3, -0.25) is 38.6 Å². The molecule has 18 atom stereocenters. The Labute approximate surface area is 701 Å². The second kappa shape index (κ2) is 40.1. The number of phenols is 3. The molecule has 37 heteroatoms. The van der Waals surface area contributed by atoms with Gasteiger partial charge in [0.05, 0.1) is 41.8 Å². The number of carboxylic acid groups (broad SMARTS) is 1. The lowest BCUT2D eigenvalue weighted by molar-refractivity contribution is -0.335. The van der Waals surface area contributed by atoms with Crippen molar-refractivity contribution >= 4 is 70.6 Å². The van der Waals surface area contributed by atoms with Crippen molar-refractivity contribution in [2.75, 3.05) is 25.5 Å². The molecule has 6 aromatic rings. The summed E-state index contributed by atoms with van der Waals surface area (Å²) in [5.74, 6) is -15.2. The molecule has 0 aromatic heterocycles. The number of fused-ring (bicyclic) bond motifs is 15. The Morgan fingerprint density at radius 1 is 0.694 bits per heavy atom. The summed E-state index contributed by atoms with van der Waals surface area (Å²) in [5.41, 5.74) is 9.70. The predicted molar refractivity (Wildman–Crippen MR) is 436 cm³/mol. The molecule has 7 aliphatic rings. The molecule has 23 N–H and O–H groups in total. The van der Waals surface area contributed by atoms with Crippen molar-refractivity contribution in [3.05, 3.63) is 148 Å². The molecule has 0 radical (unpaired) electrons. The van der Waals surface area contributed by atoms with Crippen LogP contribution < -0.4 is 73.5 Å². The lowest BCUT2D eigenvalue weighted by atomic mass is 9.80. The van der Waals surface area contributed by atoms with Crippen LogP contribution in [0.25, 0.3) is 11.1 Å². The Hall–Kier alpha value is -11.0. The molecule has 7 amide bonds. The number of aliphatic hydroxyl groups is 6. The van der Waals surface area contributed by atoms with Crippen molar-refractivity contribution in [1.29, 1.82) is 0 Å². The molecule has 7 heterocycles. The van der Waals surface area contributed by atoms with E-state index in [9.17, 15) is 75.0 Å². The highest BCUT2D eigenvalue weighted by atomic mass is 35.5. The van der Waals surface area contributed by atoms with Gasteiger partial charge in [0.2, 0.25) is 53.4 Å². The third-order valence-electron chi connectivity index (χ3n) is 22.1. The third kappa shape index (κ3) is 21.5. The fourth-order valence-corrected chi connectivity index (χ4v) is 15.6. The maximum Gasteiger partial charge on any atom is 0.330 e. The van der Waals surface area contributed by atoms with E-state index in [2.05, 4.69) is 59.8 Å². The molecule has 121 heavy (non-hydrogen) atoms. The number of halogens is 1. The zero-order valence-corrected chi connectivity index (χ0v) is 68.1. The highest BCUT2D eigenvalue weighted by Gasteiger charge is 2.53. The molecule has 2 fully saturated rings. The van der Waals surface area contributed by atoms with Gasteiger partial charge in [0.15, 0.2) is 35.9 Å². The number of primary amides is 1. The molecule has 0 aliphatic carbocycles.